The monoisotopic (exact) mass is 883 g/mol. The van der Waals surface area contributed by atoms with Crippen LogP contribution < -0.4 is 0 Å². The van der Waals surface area contributed by atoms with Crippen molar-refractivity contribution in [2.45, 2.75) is 0 Å². The van der Waals surface area contributed by atoms with Gasteiger partial charge in [-0.15, -0.1) is 0 Å². The Morgan fingerprint density at radius 1 is 0.246 bits per heavy atom. The third-order valence-electron chi connectivity index (χ3n) is 10.7. The molecule has 20 heteroatoms. The molecule has 0 saturated carbocycles. The average Bonchev–Trinajstić information content (AvgIpc) is 3.74. The van der Waals surface area contributed by atoms with E-state index in [2.05, 4.69) is 15.0 Å². The highest BCUT2D eigenvalue weighted by Crippen LogP contribution is 2.63. The van der Waals surface area contributed by atoms with E-state index in [1.165, 1.54) is 24.3 Å². The largest absolute Gasteiger partial charge is 0.506 e. The van der Waals surface area contributed by atoms with Crippen LogP contribution in [-0.4, -0.2) is 96.7 Å². The van der Waals surface area contributed by atoms with Crippen molar-refractivity contribution >= 4 is 21.9 Å². The third-order valence-corrected chi connectivity index (χ3v) is 10.7. The third kappa shape index (κ3) is 5.89. The van der Waals surface area contributed by atoms with Crippen LogP contribution in [0.25, 0.3) is 89.5 Å². The minimum absolute atomic E-state index is 0.0287. The molecular formula is C45H29N3O17. The second kappa shape index (κ2) is 14.4. The van der Waals surface area contributed by atoms with Crippen LogP contribution in [0.4, 0.5) is 0 Å². The molecule has 0 fully saturated rings. The van der Waals surface area contributed by atoms with Gasteiger partial charge in [0.2, 0.25) is 40.2 Å². The lowest BCUT2D eigenvalue weighted by Crippen LogP contribution is -2.01. The minimum Gasteiger partial charge on any atom is -0.506 e. The van der Waals surface area contributed by atoms with Crippen molar-refractivity contribution < 1.29 is 86.1 Å². The fourth-order valence-electron chi connectivity index (χ4n) is 7.45. The van der Waals surface area contributed by atoms with Crippen molar-refractivity contribution in [3.63, 3.8) is 0 Å². The summed E-state index contributed by atoms with van der Waals surface area (Å²) in [4.78, 5) is 13.5. The summed E-state index contributed by atoms with van der Waals surface area (Å²) < 4.78 is 5.66. The number of benzene rings is 7. The Morgan fingerprint density at radius 3 is 1.09 bits per heavy atom. The molecule has 0 spiro atoms. The lowest BCUT2D eigenvalue weighted by Gasteiger charge is -2.16. The van der Waals surface area contributed by atoms with Gasteiger partial charge in [0, 0.05) is 11.1 Å². The molecule has 9 rings (SSSR count). The van der Waals surface area contributed by atoms with Gasteiger partial charge in [-0.1, -0.05) is 78.9 Å². The summed E-state index contributed by atoms with van der Waals surface area (Å²) in [5.74, 6) is -20.1. The van der Waals surface area contributed by atoms with Gasteiger partial charge < -0.3 is 86.1 Å². The smallest absolute Gasteiger partial charge is 0.208 e. The molecule has 20 nitrogen and oxygen atoms in total. The van der Waals surface area contributed by atoms with Crippen molar-refractivity contribution in [3.8, 4) is 160 Å². The summed E-state index contributed by atoms with van der Waals surface area (Å²) in [7, 11) is 0. The van der Waals surface area contributed by atoms with Gasteiger partial charge in [0.05, 0.1) is 27.5 Å². The number of nitrogens with zero attached hydrogens (tertiary/aromatic N) is 3. The van der Waals surface area contributed by atoms with Crippen molar-refractivity contribution in [2.24, 2.45) is 0 Å². The molecule has 0 radical (unpaired) electrons. The van der Waals surface area contributed by atoms with E-state index in [0.29, 0.717) is 5.56 Å². The van der Waals surface area contributed by atoms with Gasteiger partial charge in [-0.25, -0.2) is 15.0 Å². The quantitative estimate of drug-likeness (QED) is 0.0586. The number of phenols is 16. The van der Waals surface area contributed by atoms with Crippen molar-refractivity contribution in [2.75, 3.05) is 0 Å². The lowest BCUT2D eigenvalue weighted by molar-refractivity contribution is 0.329. The first kappa shape index (κ1) is 40.6. The first-order valence-electron chi connectivity index (χ1n) is 18.6. The summed E-state index contributed by atoms with van der Waals surface area (Å²) in [6.45, 7) is 0. The number of furan rings is 1. The molecule has 0 unspecified atom stereocenters. The Hall–Kier alpha value is -9.85. The number of aromatic nitrogens is 3. The number of hydrogen-bond donors (Lipinski definition) is 16. The molecule has 0 aliphatic rings. The molecule has 0 saturated heterocycles. The van der Waals surface area contributed by atoms with Gasteiger partial charge in [-0.2, -0.15) is 0 Å². The molecule has 16 N–H and O–H groups in total. The molecule has 0 bridgehead atoms. The van der Waals surface area contributed by atoms with Gasteiger partial charge >= 0.3 is 0 Å². The minimum atomic E-state index is -1.41. The zero-order chi connectivity index (χ0) is 46.5. The summed E-state index contributed by atoms with van der Waals surface area (Å²) in [6.07, 6.45) is 0. The first-order chi connectivity index (χ1) is 30.9. The highest BCUT2D eigenvalue weighted by atomic mass is 16.4. The zero-order valence-corrected chi connectivity index (χ0v) is 32.4. The summed E-state index contributed by atoms with van der Waals surface area (Å²) in [5.41, 5.74) is -2.66. The highest BCUT2D eigenvalue weighted by molar-refractivity contribution is 6.20. The van der Waals surface area contributed by atoms with E-state index in [4.69, 9.17) is 4.42 Å². The molecule has 326 valence electrons. The predicted molar refractivity (Wildman–Crippen MR) is 226 cm³/mol. The van der Waals surface area contributed by atoms with Gasteiger partial charge in [-0.3, -0.25) is 0 Å². The average molecular weight is 884 g/mol. The van der Waals surface area contributed by atoms with Crippen molar-refractivity contribution in [1.29, 1.82) is 0 Å². The molecular weight excluding hydrogens is 854 g/mol. The van der Waals surface area contributed by atoms with Crippen molar-refractivity contribution in [3.05, 3.63) is 78.9 Å². The van der Waals surface area contributed by atoms with E-state index >= 15 is 0 Å². The molecule has 2 heterocycles. The Balaban J connectivity index is 1.26. The number of rotatable bonds is 6. The molecule has 0 amide bonds. The van der Waals surface area contributed by atoms with E-state index in [0.717, 1.165) is 11.1 Å². The Morgan fingerprint density at radius 2 is 0.585 bits per heavy atom. The fourth-order valence-corrected chi connectivity index (χ4v) is 7.45. The maximum absolute atomic E-state index is 11.8. The van der Waals surface area contributed by atoms with E-state index in [9.17, 15) is 81.7 Å². The number of hydrogen-bond acceptors (Lipinski definition) is 20. The van der Waals surface area contributed by atoms with Crippen LogP contribution in [0.2, 0.25) is 0 Å². The van der Waals surface area contributed by atoms with E-state index in [-0.39, 0.29) is 22.8 Å². The highest BCUT2D eigenvalue weighted by Gasteiger charge is 2.36. The Kier molecular flexibility index (Phi) is 8.97. The van der Waals surface area contributed by atoms with Crippen LogP contribution in [0.5, 0.6) is 92.0 Å². The van der Waals surface area contributed by atoms with Crippen LogP contribution >= 0.6 is 0 Å². The maximum Gasteiger partial charge on any atom is 0.208 e. The SMILES string of the molecule is Oc1c(O)c(O)c(-c2ccc(-c3nc(-c4ccc(-c5ccccc5)cc4)nc(-c4c(O)c(O)c5c(oc6c(O)c(O)c(-c7c(O)c(O)c(O)c(O)c7O)c(O)c65)c4O)n3)cc2)c(O)c1O. The Labute approximate surface area is 360 Å². The lowest BCUT2D eigenvalue weighted by atomic mass is 9.95. The standard InChI is InChI=1S/C45H29N3O17/c49-25-20(21-28(52)36(60)39(63)37(61)29(21)53)30(54)40(64)42-22(25)23-31(55)32(56)24(33(57)41(23)65-42)45-47-43(17-10-6-15(7-11-17)14-4-2-1-3-5-14)46-44(48-45)18-12-8-16(9-13-18)19-26(50)34(58)38(62)35(59)27(19)51/h1-13,49-64H. The zero-order valence-electron chi connectivity index (χ0n) is 32.4. The van der Waals surface area contributed by atoms with Crippen LogP contribution in [0.3, 0.4) is 0 Å². The fraction of sp³-hybridized carbons (Fsp3) is 0. The predicted octanol–water partition coefficient (Wildman–Crippen LogP) is 7.06. The van der Waals surface area contributed by atoms with Crippen LogP contribution in [0.15, 0.2) is 83.3 Å². The summed E-state index contributed by atoms with van der Waals surface area (Å²) in [5, 5.41) is 170. The van der Waals surface area contributed by atoms with Gasteiger partial charge in [0.15, 0.2) is 74.6 Å². The number of phenolic OH excluding ortho intramolecular Hbond substituents is 16. The number of aromatic hydroxyl groups is 16. The maximum atomic E-state index is 11.8. The first-order valence-corrected chi connectivity index (χ1v) is 18.6. The molecule has 65 heavy (non-hydrogen) atoms. The second-order valence-electron chi connectivity index (χ2n) is 14.4. The van der Waals surface area contributed by atoms with Gasteiger partial charge in [0.1, 0.15) is 11.3 Å². The van der Waals surface area contributed by atoms with Gasteiger partial charge in [-0.05, 0) is 16.7 Å². The molecule has 0 atom stereocenters. The molecule has 2 aromatic heterocycles. The van der Waals surface area contributed by atoms with Gasteiger partial charge in [0.25, 0.3) is 0 Å². The topological polar surface area (TPSA) is 375 Å². The van der Waals surface area contributed by atoms with Crippen LogP contribution in [0.1, 0.15) is 0 Å². The molecule has 7 aromatic carbocycles. The normalized spacial score (nSPS) is 11.4. The van der Waals surface area contributed by atoms with Crippen LogP contribution in [0, 0.1) is 0 Å². The molecule has 9 aromatic rings. The molecule has 0 aliphatic heterocycles. The second-order valence-corrected chi connectivity index (χ2v) is 14.4. The van der Waals surface area contributed by atoms with Crippen molar-refractivity contribution in [1.82, 2.24) is 15.0 Å². The van der Waals surface area contributed by atoms with E-state index in [1.54, 1.807) is 24.3 Å². The Bertz CT molecular complexity index is 3430. The molecule has 0 aliphatic carbocycles. The number of fused-ring (bicyclic) bond motifs is 3. The van der Waals surface area contributed by atoms with E-state index in [1.807, 2.05) is 30.3 Å². The summed E-state index contributed by atoms with van der Waals surface area (Å²) in [6, 6.07) is 21.6. The van der Waals surface area contributed by atoms with Crippen LogP contribution in [-0.2, 0) is 0 Å². The summed E-state index contributed by atoms with van der Waals surface area (Å²) >= 11 is 0. The van der Waals surface area contributed by atoms with E-state index < -0.39 is 142 Å².